The Hall–Kier alpha value is -1.71. The third kappa shape index (κ3) is 5.66. The van der Waals surface area contributed by atoms with Crippen molar-refractivity contribution in [3.05, 3.63) is 29.8 Å². The Labute approximate surface area is 128 Å². The summed E-state index contributed by atoms with van der Waals surface area (Å²) in [6.07, 6.45) is 3.02. The number of amidine groups is 1. The standard InChI is InChI=1S/C17H29N3O/c1-13(2)14-7-9-15(10-8-14)19-12-6-5-11-17(3,4)16(18)20-21/h7-10,13,19,21H,5-6,11-12H2,1-4H3,(H2,18,20). The number of benzene rings is 1. The average Bonchev–Trinajstić information content (AvgIpc) is 2.46. The van der Waals surface area contributed by atoms with Gasteiger partial charge in [0.1, 0.15) is 5.84 Å². The number of nitrogens with two attached hydrogens (primary N) is 1. The summed E-state index contributed by atoms with van der Waals surface area (Å²) in [5.74, 6) is 0.875. The Morgan fingerprint density at radius 3 is 2.38 bits per heavy atom. The van der Waals surface area contributed by atoms with Crippen LogP contribution in [0.3, 0.4) is 0 Å². The third-order valence-corrected chi connectivity index (χ3v) is 3.94. The Bertz CT molecular complexity index is 450. The lowest BCUT2D eigenvalue weighted by Crippen LogP contribution is -2.31. The van der Waals surface area contributed by atoms with E-state index < -0.39 is 0 Å². The summed E-state index contributed by atoms with van der Waals surface area (Å²) in [4.78, 5) is 0. The van der Waals surface area contributed by atoms with Crippen LogP contribution in [-0.4, -0.2) is 17.6 Å². The largest absolute Gasteiger partial charge is 0.409 e. The maximum absolute atomic E-state index is 8.73. The van der Waals surface area contributed by atoms with Crippen molar-refractivity contribution < 1.29 is 5.21 Å². The highest BCUT2D eigenvalue weighted by atomic mass is 16.4. The lowest BCUT2D eigenvalue weighted by molar-refractivity contribution is 0.304. The van der Waals surface area contributed by atoms with Crippen LogP contribution in [0.2, 0.25) is 0 Å². The maximum Gasteiger partial charge on any atom is 0.144 e. The van der Waals surface area contributed by atoms with Crippen LogP contribution < -0.4 is 11.1 Å². The van der Waals surface area contributed by atoms with Crippen molar-refractivity contribution >= 4 is 11.5 Å². The van der Waals surface area contributed by atoms with E-state index in [1.54, 1.807) is 0 Å². The molecule has 0 saturated heterocycles. The fraction of sp³-hybridized carbons (Fsp3) is 0.588. The molecule has 0 aliphatic carbocycles. The van der Waals surface area contributed by atoms with E-state index in [0.717, 1.165) is 31.5 Å². The van der Waals surface area contributed by atoms with Crippen molar-refractivity contribution in [3.8, 4) is 0 Å². The van der Waals surface area contributed by atoms with Crippen molar-refractivity contribution in [2.45, 2.75) is 52.9 Å². The third-order valence-electron chi connectivity index (χ3n) is 3.94. The molecule has 4 heteroatoms. The lowest BCUT2D eigenvalue weighted by atomic mass is 9.86. The van der Waals surface area contributed by atoms with Crippen molar-refractivity contribution in [1.29, 1.82) is 0 Å². The number of hydrogen-bond acceptors (Lipinski definition) is 3. The Kier molecular flexibility index (Phi) is 6.53. The van der Waals surface area contributed by atoms with Crippen molar-refractivity contribution in [1.82, 2.24) is 0 Å². The van der Waals surface area contributed by atoms with Crippen LogP contribution in [0.25, 0.3) is 0 Å². The quantitative estimate of drug-likeness (QED) is 0.221. The molecule has 0 bridgehead atoms. The number of unbranched alkanes of at least 4 members (excludes halogenated alkanes) is 1. The Balaban J connectivity index is 2.28. The summed E-state index contributed by atoms with van der Waals surface area (Å²) in [6, 6.07) is 8.62. The van der Waals surface area contributed by atoms with Gasteiger partial charge in [-0.05, 0) is 36.5 Å². The molecule has 0 aromatic heterocycles. The molecule has 1 aromatic rings. The number of rotatable bonds is 8. The molecule has 118 valence electrons. The fourth-order valence-corrected chi connectivity index (χ4v) is 2.17. The molecule has 0 aliphatic heterocycles. The predicted molar refractivity (Wildman–Crippen MR) is 90.1 cm³/mol. The van der Waals surface area contributed by atoms with Gasteiger partial charge in [-0.15, -0.1) is 0 Å². The first-order valence-electron chi connectivity index (χ1n) is 7.68. The summed E-state index contributed by atoms with van der Waals surface area (Å²) >= 11 is 0. The van der Waals surface area contributed by atoms with Gasteiger partial charge >= 0.3 is 0 Å². The Morgan fingerprint density at radius 2 is 1.86 bits per heavy atom. The predicted octanol–water partition coefficient (Wildman–Crippen LogP) is 4.16. The molecule has 0 spiro atoms. The van der Waals surface area contributed by atoms with Crippen molar-refractivity contribution in [2.24, 2.45) is 16.3 Å². The molecular formula is C17H29N3O. The molecule has 0 radical (unpaired) electrons. The molecule has 0 unspecified atom stereocenters. The molecule has 0 amide bonds. The molecular weight excluding hydrogens is 262 g/mol. The molecule has 0 saturated carbocycles. The first-order chi connectivity index (χ1) is 9.86. The second-order valence-corrected chi connectivity index (χ2v) is 6.53. The molecule has 0 fully saturated rings. The van der Waals surface area contributed by atoms with E-state index in [9.17, 15) is 0 Å². The minimum absolute atomic E-state index is 0.242. The highest BCUT2D eigenvalue weighted by Gasteiger charge is 2.22. The molecule has 0 heterocycles. The van der Waals surface area contributed by atoms with E-state index in [1.165, 1.54) is 5.56 Å². The first-order valence-corrected chi connectivity index (χ1v) is 7.68. The van der Waals surface area contributed by atoms with Crippen LogP contribution in [0.15, 0.2) is 29.4 Å². The summed E-state index contributed by atoms with van der Waals surface area (Å²) in [7, 11) is 0. The highest BCUT2D eigenvalue weighted by Crippen LogP contribution is 2.23. The number of hydrogen-bond donors (Lipinski definition) is 3. The molecule has 4 N–H and O–H groups in total. The molecule has 0 aliphatic rings. The van der Waals surface area contributed by atoms with E-state index in [-0.39, 0.29) is 5.41 Å². The van der Waals surface area contributed by atoms with Gasteiger partial charge in [-0.3, -0.25) is 0 Å². The summed E-state index contributed by atoms with van der Waals surface area (Å²) < 4.78 is 0. The van der Waals surface area contributed by atoms with Crippen molar-refractivity contribution in [3.63, 3.8) is 0 Å². The molecule has 4 nitrogen and oxygen atoms in total. The number of nitrogens with zero attached hydrogens (tertiary/aromatic N) is 1. The van der Waals surface area contributed by atoms with Gasteiger partial charge in [-0.25, -0.2) is 0 Å². The van der Waals surface area contributed by atoms with E-state index in [1.807, 2.05) is 13.8 Å². The van der Waals surface area contributed by atoms with Gasteiger partial charge in [0, 0.05) is 17.6 Å². The second-order valence-electron chi connectivity index (χ2n) is 6.53. The SMILES string of the molecule is CC(C)c1ccc(NCCCCC(C)(C)/C(N)=N/O)cc1. The Morgan fingerprint density at radius 1 is 1.24 bits per heavy atom. The molecule has 1 rings (SSSR count). The van der Waals surface area contributed by atoms with Gasteiger partial charge in [-0.1, -0.05) is 51.4 Å². The van der Waals surface area contributed by atoms with Gasteiger partial charge in [0.05, 0.1) is 0 Å². The summed E-state index contributed by atoms with van der Waals surface area (Å²) in [5, 5.41) is 15.3. The summed E-state index contributed by atoms with van der Waals surface area (Å²) in [6.45, 7) is 9.34. The summed E-state index contributed by atoms with van der Waals surface area (Å²) in [5.41, 5.74) is 7.96. The van der Waals surface area contributed by atoms with Gasteiger partial charge in [0.25, 0.3) is 0 Å². The van der Waals surface area contributed by atoms with E-state index in [2.05, 4.69) is 48.6 Å². The number of nitrogens with one attached hydrogen (secondary N) is 1. The zero-order valence-electron chi connectivity index (χ0n) is 13.7. The smallest absolute Gasteiger partial charge is 0.144 e. The van der Waals surface area contributed by atoms with Gasteiger partial charge in [0.2, 0.25) is 0 Å². The maximum atomic E-state index is 8.73. The topological polar surface area (TPSA) is 70.6 Å². The average molecular weight is 291 g/mol. The van der Waals surface area contributed by atoms with Crippen LogP contribution in [0, 0.1) is 5.41 Å². The van der Waals surface area contributed by atoms with Crippen LogP contribution >= 0.6 is 0 Å². The zero-order valence-corrected chi connectivity index (χ0v) is 13.7. The van der Waals surface area contributed by atoms with Gasteiger partial charge in [0.15, 0.2) is 0 Å². The van der Waals surface area contributed by atoms with Crippen molar-refractivity contribution in [2.75, 3.05) is 11.9 Å². The van der Waals surface area contributed by atoms with E-state index >= 15 is 0 Å². The van der Waals surface area contributed by atoms with E-state index in [0.29, 0.717) is 11.8 Å². The van der Waals surface area contributed by atoms with Gasteiger partial charge in [-0.2, -0.15) is 0 Å². The van der Waals surface area contributed by atoms with Crippen LogP contribution in [0.4, 0.5) is 5.69 Å². The molecule has 21 heavy (non-hydrogen) atoms. The fourth-order valence-electron chi connectivity index (χ4n) is 2.17. The van der Waals surface area contributed by atoms with Crippen LogP contribution in [-0.2, 0) is 0 Å². The minimum atomic E-state index is -0.242. The molecule has 1 aromatic carbocycles. The lowest BCUT2D eigenvalue weighted by Gasteiger charge is -2.22. The normalized spacial score (nSPS) is 12.7. The monoisotopic (exact) mass is 291 g/mol. The number of oxime groups is 1. The van der Waals surface area contributed by atoms with Crippen LogP contribution in [0.5, 0.6) is 0 Å². The minimum Gasteiger partial charge on any atom is -0.409 e. The molecule has 0 atom stereocenters. The zero-order chi connectivity index (χ0) is 15.9. The first kappa shape index (κ1) is 17.3. The van der Waals surface area contributed by atoms with Gasteiger partial charge < -0.3 is 16.3 Å². The number of anilines is 1. The van der Waals surface area contributed by atoms with Crippen LogP contribution in [0.1, 0.15) is 58.4 Å². The highest BCUT2D eigenvalue weighted by molar-refractivity contribution is 5.85. The second kappa shape index (κ2) is 7.91. The van der Waals surface area contributed by atoms with E-state index in [4.69, 9.17) is 10.9 Å².